The van der Waals surface area contributed by atoms with Gasteiger partial charge in [-0.25, -0.2) is 4.98 Å². The summed E-state index contributed by atoms with van der Waals surface area (Å²) in [4.78, 5) is 4.59. The number of nitrogens with two attached hydrogens (primary N) is 1. The highest BCUT2D eigenvalue weighted by Gasteiger charge is 2.30. The highest BCUT2D eigenvalue weighted by molar-refractivity contribution is 7.99. The van der Waals surface area contributed by atoms with E-state index in [1.165, 1.54) is 17.8 Å². The van der Waals surface area contributed by atoms with Gasteiger partial charge in [0.2, 0.25) is 0 Å². The zero-order chi connectivity index (χ0) is 15.6. The second-order valence-electron chi connectivity index (χ2n) is 4.46. The molecule has 21 heavy (non-hydrogen) atoms. The molecule has 2 rings (SSSR count). The van der Waals surface area contributed by atoms with Crippen molar-refractivity contribution in [2.24, 2.45) is 5.73 Å². The van der Waals surface area contributed by atoms with Gasteiger partial charge in [0.25, 0.3) is 0 Å². The molecule has 0 aliphatic heterocycles. The van der Waals surface area contributed by atoms with E-state index in [-0.39, 0.29) is 6.04 Å². The Morgan fingerprint density at radius 2 is 1.95 bits per heavy atom. The molecule has 1 atom stereocenters. The molecule has 2 N–H and O–H groups in total. The van der Waals surface area contributed by atoms with Gasteiger partial charge in [-0.15, -0.1) is 0 Å². The summed E-state index contributed by atoms with van der Waals surface area (Å²) in [6, 6.07) is 7.51. The molecule has 1 unspecified atom stereocenters. The number of rotatable bonds is 3. The number of hydrogen-bond donors (Lipinski definition) is 1. The van der Waals surface area contributed by atoms with Crippen LogP contribution in [0, 0.1) is 0 Å². The van der Waals surface area contributed by atoms with Crippen LogP contribution in [0.15, 0.2) is 46.5 Å². The molecule has 0 saturated carbocycles. The number of halogens is 4. The summed E-state index contributed by atoms with van der Waals surface area (Å²) in [5, 5.41) is 0.995. The minimum atomic E-state index is -4.38. The number of pyridine rings is 1. The topological polar surface area (TPSA) is 38.9 Å². The molecule has 1 heterocycles. The normalized spacial score (nSPS) is 13.2. The first-order valence-corrected chi connectivity index (χ1v) is 7.23. The van der Waals surface area contributed by atoms with Crippen LogP contribution in [0.25, 0.3) is 0 Å². The zero-order valence-electron chi connectivity index (χ0n) is 11.0. The third kappa shape index (κ3) is 4.12. The standard InChI is InChI=1S/C14H12ClF3N2S/c1-8(19)11-4-3-10(6-12(11)15)21-13-5-2-9(7-20-13)14(16,17)18/h2-8H,19H2,1H3. The average Bonchev–Trinajstić information content (AvgIpc) is 2.38. The van der Waals surface area contributed by atoms with E-state index in [2.05, 4.69) is 4.98 Å². The van der Waals surface area contributed by atoms with Crippen molar-refractivity contribution in [3.8, 4) is 0 Å². The van der Waals surface area contributed by atoms with E-state index < -0.39 is 11.7 Å². The second-order valence-corrected chi connectivity index (χ2v) is 5.96. The summed E-state index contributed by atoms with van der Waals surface area (Å²) in [6.07, 6.45) is -3.56. The van der Waals surface area contributed by atoms with Crippen molar-refractivity contribution in [1.29, 1.82) is 0 Å². The Hall–Kier alpha value is -1.24. The van der Waals surface area contributed by atoms with Crippen molar-refractivity contribution in [3.05, 3.63) is 52.7 Å². The second kappa shape index (κ2) is 6.25. The fraction of sp³-hybridized carbons (Fsp3) is 0.214. The summed E-state index contributed by atoms with van der Waals surface area (Å²) in [7, 11) is 0. The Morgan fingerprint density at radius 1 is 1.24 bits per heavy atom. The first-order valence-electron chi connectivity index (χ1n) is 6.03. The Morgan fingerprint density at radius 3 is 2.43 bits per heavy atom. The lowest BCUT2D eigenvalue weighted by Crippen LogP contribution is -2.05. The number of aromatic nitrogens is 1. The minimum Gasteiger partial charge on any atom is -0.324 e. The number of benzene rings is 1. The molecular formula is C14H12ClF3N2S. The third-order valence-electron chi connectivity index (χ3n) is 2.75. The maximum absolute atomic E-state index is 12.4. The summed E-state index contributed by atoms with van der Waals surface area (Å²) in [6.45, 7) is 1.82. The Balaban J connectivity index is 2.17. The molecule has 2 aromatic rings. The predicted molar refractivity (Wildman–Crippen MR) is 77.4 cm³/mol. The molecule has 1 aromatic carbocycles. The van der Waals surface area contributed by atoms with Crippen molar-refractivity contribution in [3.63, 3.8) is 0 Å². The van der Waals surface area contributed by atoms with Gasteiger partial charge >= 0.3 is 6.18 Å². The van der Waals surface area contributed by atoms with Gasteiger partial charge in [0, 0.05) is 22.2 Å². The van der Waals surface area contributed by atoms with Gasteiger partial charge in [-0.1, -0.05) is 29.4 Å². The van der Waals surface area contributed by atoms with Gasteiger partial charge in [0.05, 0.1) is 5.56 Å². The quantitative estimate of drug-likeness (QED) is 0.866. The van der Waals surface area contributed by atoms with E-state index in [1.807, 2.05) is 13.0 Å². The largest absolute Gasteiger partial charge is 0.417 e. The van der Waals surface area contributed by atoms with Gasteiger partial charge in [-0.2, -0.15) is 13.2 Å². The van der Waals surface area contributed by atoms with Crippen molar-refractivity contribution in [1.82, 2.24) is 4.98 Å². The lowest BCUT2D eigenvalue weighted by molar-refractivity contribution is -0.137. The monoisotopic (exact) mass is 332 g/mol. The number of hydrogen-bond acceptors (Lipinski definition) is 3. The number of alkyl halides is 3. The molecule has 112 valence electrons. The molecule has 0 fully saturated rings. The van der Waals surface area contributed by atoms with Crippen LogP contribution >= 0.6 is 23.4 Å². The third-order valence-corrected chi connectivity index (χ3v) is 4.02. The number of nitrogens with zero attached hydrogens (tertiary/aromatic N) is 1. The van der Waals surface area contributed by atoms with E-state index in [9.17, 15) is 13.2 Å². The van der Waals surface area contributed by atoms with Crippen LogP contribution < -0.4 is 5.73 Å². The van der Waals surface area contributed by atoms with Crippen LogP contribution in [-0.4, -0.2) is 4.98 Å². The first kappa shape index (κ1) is 16.1. The lowest BCUT2D eigenvalue weighted by Gasteiger charge is -2.10. The molecular weight excluding hydrogens is 321 g/mol. The van der Waals surface area contributed by atoms with Gasteiger partial charge < -0.3 is 5.73 Å². The van der Waals surface area contributed by atoms with E-state index in [0.29, 0.717) is 10.0 Å². The molecule has 0 aliphatic rings. The van der Waals surface area contributed by atoms with Gasteiger partial charge in [0.1, 0.15) is 5.03 Å². The maximum atomic E-state index is 12.4. The van der Waals surface area contributed by atoms with Gasteiger partial charge in [-0.3, -0.25) is 0 Å². The molecule has 7 heteroatoms. The SMILES string of the molecule is CC(N)c1ccc(Sc2ccc(C(F)(F)F)cn2)cc1Cl. The van der Waals surface area contributed by atoms with Crippen molar-refractivity contribution >= 4 is 23.4 Å². The molecule has 0 amide bonds. The Kier molecular flexibility index (Phi) is 4.81. The van der Waals surface area contributed by atoms with Crippen LogP contribution in [0.5, 0.6) is 0 Å². The zero-order valence-corrected chi connectivity index (χ0v) is 12.6. The molecule has 0 bridgehead atoms. The van der Waals surface area contributed by atoms with Crippen LogP contribution in [-0.2, 0) is 6.18 Å². The molecule has 0 aliphatic carbocycles. The summed E-state index contributed by atoms with van der Waals surface area (Å²) in [5.74, 6) is 0. The summed E-state index contributed by atoms with van der Waals surface area (Å²) in [5.41, 5.74) is 5.82. The summed E-state index contributed by atoms with van der Waals surface area (Å²) < 4.78 is 37.3. The first-order chi connectivity index (χ1) is 9.77. The van der Waals surface area contributed by atoms with Crippen LogP contribution in [0.4, 0.5) is 13.2 Å². The highest BCUT2D eigenvalue weighted by Crippen LogP contribution is 2.33. The molecule has 0 saturated heterocycles. The molecule has 0 spiro atoms. The lowest BCUT2D eigenvalue weighted by atomic mass is 10.1. The van der Waals surface area contributed by atoms with E-state index in [4.69, 9.17) is 17.3 Å². The van der Waals surface area contributed by atoms with Gasteiger partial charge in [-0.05, 0) is 36.8 Å². The van der Waals surface area contributed by atoms with E-state index in [0.717, 1.165) is 22.7 Å². The smallest absolute Gasteiger partial charge is 0.324 e. The van der Waals surface area contributed by atoms with Crippen LogP contribution in [0.2, 0.25) is 5.02 Å². The van der Waals surface area contributed by atoms with Crippen LogP contribution in [0.3, 0.4) is 0 Å². The van der Waals surface area contributed by atoms with Gasteiger partial charge in [0.15, 0.2) is 0 Å². The molecule has 0 radical (unpaired) electrons. The summed E-state index contributed by atoms with van der Waals surface area (Å²) >= 11 is 7.35. The minimum absolute atomic E-state index is 0.180. The molecule has 1 aromatic heterocycles. The molecule has 2 nitrogen and oxygen atoms in total. The fourth-order valence-electron chi connectivity index (χ4n) is 1.67. The van der Waals surface area contributed by atoms with Crippen molar-refractivity contribution in [2.45, 2.75) is 29.1 Å². The Bertz CT molecular complexity index is 627. The highest BCUT2D eigenvalue weighted by atomic mass is 35.5. The predicted octanol–water partition coefficient (Wildman–Crippen LogP) is 4.92. The van der Waals surface area contributed by atoms with Crippen molar-refractivity contribution < 1.29 is 13.2 Å². The van der Waals surface area contributed by atoms with E-state index in [1.54, 1.807) is 12.1 Å². The average molecular weight is 333 g/mol. The Labute approximate surface area is 129 Å². The van der Waals surface area contributed by atoms with Crippen LogP contribution in [0.1, 0.15) is 24.1 Å². The fourth-order valence-corrected chi connectivity index (χ4v) is 2.88. The van der Waals surface area contributed by atoms with Crippen molar-refractivity contribution in [2.75, 3.05) is 0 Å². The maximum Gasteiger partial charge on any atom is 0.417 e. The van der Waals surface area contributed by atoms with E-state index >= 15 is 0 Å².